The molecule has 1 amide bonds. The molecule has 1 aromatic rings. The summed E-state index contributed by atoms with van der Waals surface area (Å²) in [5.74, 6) is -0.662. The molecule has 0 aliphatic carbocycles. The summed E-state index contributed by atoms with van der Waals surface area (Å²) in [4.78, 5) is 23.4. The van der Waals surface area contributed by atoms with E-state index < -0.39 is 0 Å². The lowest BCUT2D eigenvalue weighted by Crippen LogP contribution is -2.20. The lowest BCUT2D eigenvalue weighted by molar-refractivity contribution is -0.144. The van der Waals surface area contributed by atoms with Gasteiger partial charge in [0, 0.05) is 11.3 Å². The maximum atomic E-state index is 11.4. The molecular formula is C12H16N2O3S. The van der Waals surface area contributed by atoms with Crippen molar-refractivity contribution in [2.45, 2.75) is 26.7 Å². The Kier molecular flexibility index (Phi) is 6.07. The van der Waals surface area contributed by atoms with E-state index in [9.17, 15) is 9.59 Å². The van der Waals surface area contributed by atoms with E-state index in [1.54, 1.807) is 18.3 Å². The maximum absolute atomic E-state index is 11.4. The standard InChI is InChI=1S/C12H16N2O3S/c1-3-17-12(16)7-6-11(15)14-13-9(2)10-5-4-8-18-10/h4-5,8H,3,6-7H2,1-2H3,(H,14,15)/b13-9+. The SMILES string of the molecule is CCOC(=O)CCC(=O)N/N=C(\C)c1cccs1. The number of carbonyl (C=O) groups excluding carboxylic acids is 2. The van der Waals surface area contributed by atoms with E-state index in [1.807, 2.05) is 24.4 Å². The van der Waals surface area contributed by atoms with Crippen LogP contribution in [0.25, 0.3) is 0 Å². The second-order valence-electron chi connectivity index (χ2n) is 3.51. The minimum absolute atomic E-state index is 0.0766. The molecule has 1 heterocycles. The molecule has 98 valence electrons. The normalized spacial score (nSPS) is 11.1. The second-order valence-corrected chi connectivity index (χ2v) is 4.46. The Labute approximate surface area is 110 Å². The quantitative estimate of drug-likeness (QED) is 0.487. The van der Waals surface area contributed by atoms with Crippen molar-refractivity contribution in [1.29, 1.82) is 0 Å². The van der Waals surface area contributed by atoms with Gasteiger partial charge in [0.15, 0.2) is 0 Å². The molecule has 1 aromatic heterocycles. The van der Waals surface area contributed by atoms with E-state index in [2.05, 4.69) is 10.5 Å². The van der Waals surface area contributed by atoms with E-state index >= 15 is 0 Å². The van der Waals surface area contributed by atoms with Crippen molar-refractivity contribution in [3.05, 3.63) is 22.4 Å². The summed E-state index contributed by atoms with van der Waals surface area (Å²) in [5.41, 5.74) is 3.16. The van der Waals surface area contributed by atoms with Crippen molar-refractivity contribution in [3.63, 3.8) is 0 Å². The summed E-state index contributed by atoms with van der Waals surface area (Å²) in [7, 11) is 0. The third-order valence-electron chi connectivity index (χ3n) is 2.09. The third kappa shape index (κ3) is 5.09. The zero-order chi connectivity index (χ0) is 13.4. The van der Waals surface area contributed by atoms with Crippen molar-refractivity contribution in [2.75, 3.05) is 6.61 Å². The number of thiophene rings is 1. The first kappa shape index (κ1) is 14.4. The molecule has 5 nitrogen and oxygen atoms in total. The minimum atomic E-state index is -0.369. The van der Waals surface area contributed by atoms with Crippen LogP contribution in [0.5, 0.6) is 0 Å². The number of amides is 1. The predicted octanol–water partition coefficient (Wildman–Crippen LogP) is 1.93. The highest BCUT2D eigenvalue weighted by Gasteiger charge is 2.07. The summed E-state index contributed by atoms with van der Waals surface area (Å²) >= 11 is 1.55. The topological polar surface area (TPSA) is 67.8 Å². The van der Waals surface area contributed by atoms with E-state index in [-0.39, 0.29) is 24.7 Å². The molecule has 0 saturated heterocycles. The van der Waals surface area contributed by atoms with Crippen LogP contribution in [0.1, 0.15) is 31.6 Å². The fourth-order valence-electron chi connectivity index (χ4n) is 1.19. The lowest BCUT2D eigenvalue weighted by Gasteiger charge is -2.02. The van der Waals surface area contributed by atoms with Crippen LogP contribution >= 0.6 is 11.3 Å². The molecule has 0 radical (unpaired) electrons. The monoisotopic (exact) mass is 268 g/mol. The Morgan fingerprint density at radius 1 is 1.44 bits per heavy atom. The summed E-state index contributed by atoms with van der Waals surface area (Å²) in [5, 5.41) is 5.91. The number of nitrogens with zero attached hydrogens (tertiary/aromatic N) is 1. The summed E-state index contributed by atoms with van der Waals surface area (Å²) in [6, 6.07) is 3.84. The van der Waals surface area contributed by atoms with Gasteiger partial charge in [-0.15, -0.1) is 11.3 Å². The molecule has 0 fully saturated rings. The molecule has 0 spiro atoms. The largest absolute Gasteiger partial charge is 0.466 e. The van der Waals surface area contributed by atoms with Crippen LogP contribution in [0.4, 0.5) is 0 Å². The van der Waals surface area contributed by atoms with E-state index in [4.69, 9.17) is 4.74 Å². The molecule has 0 unspecified atom stereocenters. The molecule has 0 aliphatic heterocycles. The van der Waals surface area contributed by atoms with Crippen molar-refractivity contribution in [2.24, 2.45) is 5.10 Å². The Morgan fingerprint density at radius 2 is 2.22 bits per heavy atom. The van der Waals surface area contributed by atoms with Gasteiger partial charge in [-0.05, 0) is 25.3 Å². The zero-order valence-corrected chi connectivity index (χ0v) is 11.3. The zero-order valence-electron chi connectivity index (χ0n) is 10.4. The van der Waals surface area contributed by atoms with Gasteiger partial charge in [-0.2, -0.15) is 5.10 Å². The van der Waals surface area contributed by atoms with Crippen molar-refractivity contribution in [3.8, 4) is 0 Å². The van der Waals surface area contributed by atoms with Crippen LogP contribution in [-0.2, 0) is 14.3 Å². The van der Waals surface area contributed by atoms with Gasteiger partial charge in [0.25, 0.3) is 0 Å². The number of hydrazone groups is 1. The van der Waals surface area contributed by atoms with E-state index in [0.29, 0.717) is 6.61 Å². The average molecular weight is 268 g/mol. The van der Waals surface area contributed by atoms with Gasteiger partial charge in [-0.1, -0.05) is 6.07 Å². The number of carbonyl (C=O) groups is 2. The molecule has 0 aromatic carbocycles. The molecule has 0 atom stereocenters. The average Bonchev–Trinajstić information content (AvgIpc) is 2.87. The summed E-state index contributed by atoms with van der Waals surface area (Å²) in [6.45, 7) is 3.88. The molecular weight excluding hydrogens is 252 g/mol. The Morgan fingerprint density at radius 3 is 2.83 bits per heavy atom. The number of esters is 1. The van der Waals surface area contributed by atoms with E-state index in [1.165, 1.54) is 0 Å². The molecule has 6 heteroatoms. The highest BCUT2D eigenvalue weighted by molar-refractivity contribution is 7.12. The molecule has 18 heavy (non-hydrogen) atoms. The van der Waals surface area contributed by atoms with Crippen LogP contribution < -0.4 is 5.43 Å². The van der Waals surface area contributed by atoms with Gasteiger partial charge in [0.2, 0.25) is 5.91 Å². The summed E-state index contributed by atoms with van der Waals surface area (Å²) in [6.07, 6.45) is 0.160. The molecule has 1 N–H and O–H groups in total. The molecule has 0 aliphatic rings. The lowest BCUT2D eigenvalue weighted by atomic mass is 10.3. The number of nitrogens with one attached hydrogen (secondary N) is 1. The van der Waals surface area contributed by atoms with Gasteiger partial charge in [0.1, 0.15) is 0 Å². The fraction of sp³-hybridized carbons (Fsp3) is 0.417. The third-order valence-corrected chi connectivity index (χ3v) is 3.07. The minimum Gasteiger partial charge on any atom is -0.466 e. The first-order valence-electron chi connectivity index (χ1n) is 5.66. The van der Waals surface area contributed by atoms with Crippen LogP contribution in [-0.4, -0.2) is 24.2 Å². The van der Waals surface area contributed by atoms with Crippen LogP contribution in [0.15, 0.2) is 22.6 Å². The summed E-state index contributed by atoms with van der Waals surface area (Å²) < 4.78 is 4.72. The van der Waals surface area contributed by atoms with Gasteiger partial charge in [-0.3, -0.25) is 9.59 Å². The van der Waals surface area contributed by atoms with Crippen molar-refractivity contribution < 1.29 is 14.3 Å². The second kappa shape index (κ2) is 7.60. The fourth-order valence-corrected chi connectivity index (χ4v) is 1.87. The van der Waals surface area contributed by atoms with Gasteiger partial charge < -0.3 is 4.74 Å². The molecule has 0 bridgehead atoms. The highest BCUT2D eigenvalue weighted by atomic mass is 32.1. The maximum Gasteiger partial charge on any atom is 0.306 e. The van der Waals surface area contributed by atoms with E-state index in [0.717, 1.165) is 10.6 Å². The Balaban J connectivity index is 2.33. The molecule has 1 rings (SSSR count). The Hall–Kier alpha value is -1.69. The van der Waals surface area contributed by atoms with Gasteiger partial charge in [0.05, 0.1) is 18.7 Å². The number of rotatable bonds is 6. The predicted molar refractivity (Wildman–Crippen MR) is 70.5 cm³/mol. The smallest absolute Gasteiger partial charge is 0.306 e. The van der Waals surface area contributed by atoms with Crippen LogP contribution in [0.2, 0.25) is 0 Å². The first-order chi connectivity index (χ1) is 8.63. The van der Waals surface area contributed by atoms with Crippen LogP contribution in [0, 0.1) is 0 Å². The first-order valence-corrected chi connectivity index (χ1v) is 6.54. The molecule has 0 saturated carbocycles. The highest BCUT2D eigenvalue weighted by Crippen LogP contribution is 2.09. The number of ether oxygens (including phenoxy) is 1. The number of hydrogen-bond acceptors (Lipinski definition) is 5. The van der Waals surface area contributed by atoms with Crippen molar-refractivity contribution in [1.82, 2.24) is 5.43 Å². The Bertz CT molecular complexity index is 427. The number of hydrogen-bond donors (Lipinski definition) is 1. The van der Waals surface area contributed by atoms with Gasteiger partial charge >= 0.3 is 5.97 Å². The van der Waals surface area contributed by atoms with Gasteiger partial charge in [-0.25, -0.2) is 5.43 Å². The van der Waals surface area contributed by atoms with Crippen molar-refractivity contribution >= 4 is 28.9 Å². The van der Waals surface area contributed by atoms with Crippen LogP contribution in [0.3, 0.4) is 0 Å².